The van der Waals surface area contributed by atoms with Crippen LogP contribution in [0.3, 0.4) is 0 Å². The number of benzene rings is 2. The summed E-state index contributed by atoms with van der Waals surface area (Å²) < 4.78 is 12.4. The van der Waals surface area contributed by atoms with Gasteiger partial charge < -0.3 is 14.8 Å². The molecule has 1 N–H and O–H groups in total. The van der Waals surface area contributed by atoms with Gasteiger partial charge in [0.2, 0.25) is 0 Å². The molecule has 0 radical (unpaired) electrons. The van der Waals surface area contributed by atoms with Crippen LogP contribution in [0.25, 0.3) is 0 Å². The van der Waals surface area contributed by atoms with E-state index in [0.717, 1.165) is 15.6 Å². The highest BCUT2D eigenvalue weighted by atomic mass is 79.9. The van der Waals surface area contributed by atoms with Crippen LogP contribution in [0, 0.1) is 0 Å². The van der Waals surface area contributed by atoms with E-state index in [-0.39, 0.29) is 0 Å². The highest BCUT2D eigenvalue weighted by Gasteiger charge is 2.14. The van der Waals surface area contributed by atoms with Crippen LogP contribution < -0.4 is 14.8 Å². The molecular weight excluding hydrogens is 413 g/mol. The van der Waals surface area contributed by atoms with E-state index >= 15 is 0 Å². The normalized spacial score (nSPS) is 10.5. The molecule has 128 valence electrons. The Bertz CT molecular complexity index is 722. The van der Waals surface area contributed by atoms with Crippen LogP contribution in [-0.2, 0) is 13.2 Å². The lowest BCUT2D eigenvalue weighted by Crippen LogP contribution is -2.14. The summed E-state index contributed by atoms with van der Waals surface area (Å²) in [5.74, 6) is 1.36. The molecule has 0 aliphatic heterocycles. The summed E-state index contributed by atoms with van der Waals surface area (Å²) >= 11 is 15.6. The Morgan fingerprint density at radius 2 is 2.00 bits per heavy atom. The van der Waals surface area contributed by atoms with E-state index in [0.29, 0.717) is 41.2 Å². The van der Waals surface area contributed by atoms with Crippen molar-refractivity contribution < 1.29 is 9.47 Å². The zero-order chi connectivity index (χ0) is 17.5. The Hall–Kier alpha value is -1.20. The quantitative estimate of drug-likeness (QED) is 0.435. The molecule has 0 aromatic heterocycles. The van der Waals surface area contributed by atoms with E-state index < -0.39 is 0 Å². The maximum absolute atomic E-state index is 6.06. The largest absolute Gasteiger partial charge is 0.493 e. The van der Waals surface area contributed by atoms with Gasteiger partial charge in [-0.05, 0) is 29.8 Å². The lowest BCUT2D eigenvalue weighted by molar-refractivity contribution is 0.280. The van der Waals surface area contributed by atoms with Gasteiger partial charge in [-0.15, -0.1) is 6.58 Å². The van der Waals surface area contributed by atoms with E-state index in [4.69, 9.17) is 32.7 Å². The van der Waals surface area contributed by atoms with Crippen molar-refractivity contribution >= 4 is 39.1 Å². The summed E-state index contributed by atoms with van der Waals surface area (Å²) in [6.07, 6.45) is 1.81. The first kappa shape index (κ1) is 19.1. The lowest BCUT2D eigenvalue weighted by atomic mass is 10.1. The predicted octanol–water partition coefficient (Wildman–Crippen LogP) is 5.62. The molecule has 6 heteroatoms. The fraction of sp³-hybridized carbons (Fsp3) is 0.222. The van der Waals surface area contributed by atoms with Crippen molar-refractivity contribution in [1.82, 2.24) is 5.32 Å². The summed E-state index contributed by atoms with van der Waals surface area (Å²) in [5, 5.41) is 4.31. The molecule has 0 bridgehead atoms. The molecule has 0 unspecified atom stereocenters. The van der Waals surface area contributed by atoms with E-state index in [1.807, 2.05) is 24.3 Å². The van der Waals surface area contributed by atoms with Gasteiger partial charge in [-0.2, -0.15) is 0 Å². The SMILES string of the molecule is C=CCNCc1c(Br)ccc(OC)c1OCc1ccc(Cl)c(Cl)c1. The number of hydrogen-bond donors (Lipinski definition) is 1. The van der Waals surface area contributed by atoms with Gasteiger partial charge in [0.05, 0.1) is 17.2 Å². The molecule has 0 atom stereocenters. The molecule has 3 nitrogen and oxygen atoms in total. The van der Waals surface area contributed by atoms with Crippen molar-refractivity contribution in [2.24, 2.45) is 0 Å². The number of hydrogen-bond acceptors (Lipinski definition) is 3. The molecule has 0 saturated carbocycles. The van der Waals surface area contributed by atoms with Gasteiger partial charge in [0, 0.05) is 23.1 Å². The molecule has 0 aliphatic carbocycles. The topological polar surface area (TPSA) is 30.5 Å². The summed E-state index contributed by atoms with van der Waals surface area (Å²) in [6, 6.07) is 9.24. The summed E-state index contributed by atoms with van der Waals surface area (Å²) in [6.45, 7) is 5.40. The van der Waals surface area contributed by atoms with Gasteiger partial charge >= 0.3 is 0 Å². The van der Waals surface area contributed by atoms with Crippen LogP contribution >= 0.6 is 39.1 Å². The summed E-state index contributed by atoms with van der Waals surface area (Å²) in [7, 11) is 1.62. The molecule has 2 rings (SSSR count). The van der Waals surface area contributed by atoms with Crippen LogP contribution in [0.4, 0.5) is 0 Å². The third kappa shape index (κ3) is 4.90. The van der Waals surface area contributed by atoms with E-state index in [1.165, 1.54) is 0 Å². The fourth-order valence-corrected chi connectivity index (χ4v) is 2.92. The molecule has 0 amide bonds. The first-order valence-electron chi connectivity index (χ1n) is 7.30. The van der Waals surface area contributed by atoms with Crippen molar-refractivity contribution in [1.29, 1.82) is 0 Å². The Labute approximate surface area is 160 Å². The van der Waals surface area contributed by atoms with Gasteiger partial charge in [-0.25, -0.2) is 0 Å². The van der Waals surface area contributed by atoms with Crippen LogP contribution in [-0.4, -0.2) is 13.7 Å². The van der Waals surface area contributed by atoms with Crippen LogP contribution in [0.1, 0.15) is 11.1 Å². The molecule has 2 aromatic carbocycles. The summed E-state index contributed by atoms with van der Waals surface area (Å²) in [5.41, 5.74) is 1.91. The van der Waals surface area contributed by atoms with Gasteiger partial charge in [0.25, 0.3) is 0 Å². The molecule has 0 fully saturated rings. The van der Waals surface area contributed by atoms with E-state index in [2.05, 4.69) is 27.8 Å². The minimum Gasteiger partial charge on any atom is -0.493 e. The molecule has 2 aromatic rings. The number of halogens is 3. The first-order valence-corrected chi connectivity index (χ1v) is 8.85. The Morgan fingerprint density at radius 3 is 2.67 bits per heavy atom. The van der Waals surface area contributed by atoms with Crippen LogP contribution in [0.15, 0.2) is 47.5 Å². The highest BCUT2D eigenvalue weighted by molar-refractivity contribution is 9.10. The van der Waals surface area contributed by atoms with Gasteiger partial charge in [-0.1, -0.05) is 51.3 Å². The first-order chi connectivity index (χ1) is 11.6. The molecule has 24 heavy (non-hydrogen) atoms. The van der Waals surface area contributed by atoms with Gasteiger partial charge in [-0.3, -0.25) is 0 Å². The standard InChI is InChI=1S/C18H18BrCl2NO2/c1-3-8-22-10-13-14(19)5-7-17(23-2)18(13)24-11-12-4-6-15(20)16(21)9-12/h3-7,9,22H,1,8,10-11H2,2H3. The smallest absolute Gasteiger partial charge is 0.167 e. The maximum Gasteiger partial charge on any atom is 0.167 e. The highest BCUT2D eigenvalue weighted by Crippen LogP contribution is 2.37. The Balaban J connectivity index is 2.24. The molecule has 0 spiro atoms. The second-order valence-electron chi connectivity index (χ2n) is 5.01. The second-order valence-corrected chi connectivity index (χ2v) is 6.68. The van der Waals surface area contributed by atoms with Gasteiger partial charge in [0.15, 0.2) is 11.5 Å². The average Bonchev–Trinajstić information content (AvgIpc) is 2.58. The summed E-state index contributed by atoms with van der Waals surface area (Å²) in [4.78, 5) is 0. The van der Waals surface area contributed by atoms with Crippen molar-refractivity contribution in [3.63, 3.8) is 0 Å². The predicted molar refractivity (Wildman–Crippen MR) is 103 cm³/mol. The molecule has 0 heterocycles. The third-order valence-corrected chi connectivity index (χ3v) is 4.83. The van der Waals surface area contributed by atoms with Gasteiger partial charge in [0.1, 0.15) is 6.61 Å². The minimum atomic E-state index is 0.359. The molecule has 0 aliphatic rings. The number of methoxy groups -OCH3 is 1. The average molecular weight is 431 g/mol. The monoisotopic (exact) mass is 429 g/mol. The fourth-order valence-electron chi connectivity index (χ4n) is 2.15. The van der Waals surface area contributed by atoms with Crippen molar-refractivity contribution in [3.8, 4) is 11.5 Å². The van der Waals surface area contributed by atoms with E-state index in [9.17, 15) is 0 Å². The van der Waals surface area contributed by atoms with Crippen molar-refractivity contribution in [3.05, 3.63) is 68.6 Å². The van der Waals surface area contributed by atoms with Crippen LogP contribution in [0.2, 0.25) is 10.0 Å². The number of rotatable bonds is 8. The zero-order valence-electron chi connectivity index (χ0n) is 13.2. The lowest BCUT2D eigenvalue weighted by Gasteiger charge is -2.17. The Kier molecular flexibility index (Phi) is 7.43. The molecule has 0 saturated heterocycles. The van der Waals surface area contributed by atoms with Crippen LogP contribution in [0.5, 0.6) is 11.5 Å². The number of ether oxygens (including phenoxy) is 2. The maximum atomic E-state index is 6.06. The second kappa shape index (κ2) is 9.33. The molecular formula is C18H18BrCl2NO2. The third-order valence-electron chi connectivity index (χ3n) is 3.34. The van der Waals surface area contributed by atoms with E-state index in [1.54, 1.807) is 19.2 Å². The van der Waals surface area contributed by atoms with Crippen molar-refractivity contribution in [2.45, 2.75) is 13.2 Å². The zero-order valence-corrected chi connectivity index (χ0v) is 16.3. The number of nitrogens with one attached hydrogen (secondary N) is 1. The Morgan fingerprint density at radius 1 is 1.21 bits per heavy atom. The minimum absolute atomic E-state index is 0.359. The van der Waals surface area contributed by atoms with Crippen molar-refractivity contribution in [2.75, 3.05) is 13.7 Å².